The van der Waals surface area contributed by atoms with Crippen LogP contribution in [0.1, 0.15) is 45.7 Å². The van der Waals surface area contributed by atoms with E-state index in [0.717, 1.165) is 20.8 Å². The number of benzene rings is 1. The highest BCUT2D eigenvalue weighted by atomic mass is 16.7. The van der Waals surface area contributed by atoms with Gasteiger partial charge >= 0.3 is 42.9 Å². The molecule has 0 radical (unpaired) electrons. The van der Waals surface area contributed by atoms with Crippen molar-refractivity contribution in [2.45, 2.75) is 71.7 Å². The zero-order chi connectivity index (χ0) is 33.5. The van der Waals surface area contributed by atoms with Crippen LogP contribution in [0.2, 0.25) is 0 Å². The van der Waals surface area contributed by atoms with E-state index in [1.165, 1.54) is 24.7 Å². The molecular formula is C29H36BNO14. The smallest absolute Gasteiger partial charge is 0.495 e. The molecule has 0 aliphatic carbocycles. The van der Waals surface area contributed by atoms with E-state index in [9.17, 15) is 28.8 Å². The molecule has 1 aromatic rings. The molecule has 15 nitrogen and oxygen atoms in total. The minimum atomic E-state index is -1.85. The molecule has 0 saturated carbocycles. The zero-order valence-corrected chi connectivity index (χ0v) is 26.1. The second kappa shape index (κ2) is 15.0. The third-order valence-electron chi connectivity index (χ3n) is 6.58. The Kier molecular flexibility index (Phi) is 11.7. The second-order valence-corrected chi connectivity index (χ2v) is 10.7. The number of likely N-dealkylation sites (N-methyl/N-ethyl adjacent to an activating group) is 1. The SMILES string of the molecule is CC(=O)OC[C@H]1O[C@H](Oc2ccc(/C=C/B3OC(=O)CN(C)CC(=O)O3)cc2C)[C@@](C)(OC(C)=O)[C@@H](OC(C)=O)[C@@H]1OC(C)=O. The molecule has 5 atom stereocenters. The number of hydrogen-bond acceptors (Lipinski definition) is 15. The lowest BCUT2D eigenvalue weighted by Crippen LogP contribution is -2.70. The third kappa shape index (κ3) is 9.78. The molecule has 0 N–H and O–H groups in total. The van der Waals surface area contributed by atoms with Gasteiger partial charge in [0.2, 0.25) is 11.9 Å². The van der Waals surface area contributed by atoms with Gasteiger partial charge in [-0.2, -0.15) is 0 Å². The van der Waals surface area contributed by atoms with Gasteiger partial charge in [0.15, 0.2) is 12.2 Å². The first-order valence-electron chi connectivity index (χ1n) is 13.9. The average molecular weight is 633 g/mol. The molecule has 0 aromatic heterocycles. The summed E-state index contributed by atoms with van der Waals surface area (Å²) in [6, 6.07) is 4.93. The van der Waals surface area contributed by atoms with E-state index >= 15 is 0 Å². The van der Waals surface area contributed by atoms with Crippen molar-refractivity contribution in [2.75, 3.05) is 26.7 Å². The van der Waals surface area contributed by atoms with Crippen molar-refractivity contribution < 1.29 is 66.5 Å². The van der Waals surface area contributed by atoms with Crippen molar-refractivity contribution in [1.29, 1.82) is 0 Å². The molecule has 16 heteroatoms. The molecule has 2 aliphatic heterocycles. The number of carbonyl (C=O) groups is 6. The predicted octanol–water partition coefficient (Wildman–Crippen LogP) is 0.919. The minimum absolute atomic E-state index is 0.0677. The van der Waals surface area contributed by atoms with Crippen LogP contribution < -0.4 is 4.74 Å². The van der Waals surface area contributed by atoms with E-state index in [4.69, 9.17) is 37.7 Å². The highest BCUT2D eigenvalue weighted by molar-refractivity contribution is 6.55. The van der Waals surface area contributed by atoms with Crippen LogP contribution in [0.5, 0.6) is 5.75 Å². The van der Waals surface area contributed by atoms with E-state index < -0.39 is 79.7 Å². The summed E-state index contributed by atoms with van der Waals surface area (Å²) in [5.74, 6) is -2.39. The lowest BCUT2D eigenvalue weighted by Gasteiger charge is -2.49. The fourth-order valence-electron chi connectivity index (χ4n) is 4.76. The molecule has 3 rings (SSSR count). The molecule has 0 unspecified atom stereocenters. The molecule has 2 aliphatic rings. The largest absolute Gasteiger partial charge is 0.628 e. The molecule has 0 amide bonds. The fourth-order valence-corrected chi connectivity index (χ4v) is 4.76. The Bertz CT molecular complexity index is 1330. The summed E-state index contributed by atoms with van der Waals surface area (Å²) in [6.45, 7) is 7.13. The van der Waals surface area contributed by atoms with E-state index in [0.29, 0.717) is 11.1 Å². The van der Waals surface area contributed by atoms with Crippen molar-refractivity contribution in [3.63, 3.8) is 0 Å². The van der Waals surface area contributed by atoms with Crippen LogP contribution in [-0.4, -0.2) is 105 Å². The van der Waals surface area contributed by atoms with Crippen LogP contribution in [0.3, 0.4) is 0 Å². The molecule has 2 saturated heterocycles. The standard InChI is InChI=1S/C29H36BNO14/c1-16-12-21(10-11-30-44-24(36)13-31(7)14-25(37)45-30)8-9-22(16)41-28-29(6,43-20(5)35)27(40-19(4)34)26(39-18(3)33)23(42-28)15-38-17(2)32/h8-12,23,26-28H,13-15H2,1-7H3/b11-10+/t23-,26-,27+,28+,29+/m1/s1. The Morgan fingerprint density at radius 3 is 2.13 bits per heavy atom. The van der Waals surface area contributed by atoms with Crippen LogP contribution >= 0.6 is 0 Å². The van der Waals surface area contributed by atoms with Crippen molar-refractivity contribution in [2.24, 2.45) is 0 Å². The van der Waals surface area contributed by atoms with E-state index in [1.807, 2.05) is 0 Å². The molecule has 0 bridgehead atoms. The number of carbonyl (C=O) groups excluding carboxylic acids is 6. The lowest BCUT2D eigenvalue weighted by molar-refractivity contribution is -0.321. The maximum absolute atomic E-state index is 12.3. The summed E-state index contributed by atoms with van der Waals surface area (Å²) < 4.78 is 44.3. The molecule has 2 fully saturated rings. The van der Waals surface area contributed by atoms with Crippen molar-refractivity contribution in [3.05, 3.63) is 35.3 Å². The maximum atomic E-state index is 12.3. The summed E-state index contributed by atoms with van der Waals surface area (Å²) >= 11 is 0. The van der Waals surface area contributed by atoms with E-state index in [-0.39, 0.29) is 18.8 Å². The normalized spacial score (nSPS) is 25.7. The van der Waals surface area contributed by atoms with Gasteiger partial charge in [-0.05, 0) is 50.1 Å². The second-order valence-electron chi connectivity index (χ2n) is 10.7. The van der Waals surface area contributed by atoms with Gasteiger partial charge < -0.3 is 37.7 Å². The first-order chi connectivity index (χ1) is 21.1. The Hall–Kier alpha value is -4.44. The van der Waals surface area contributed by atoms with Crippen LogP contribution in [0, 0.1) is 6.92 Å². The number of nitrogens with zero attached hydrogens (tertiary/aromatic N) is 1. The van der Waals surface area contributed by atoms with Gasteiger partial charge in [0.25, 0.3) is 0 Å². The molecule has 1 aromatic carbocycles. The first-order valence-corrected chi connectivity index (χ1v) is 13.9. The van der Waals surface area contributed by atoms with Gasteiger partial charge in [-0.25, -0.2) is 0 Å². The van der Waals surface area contributed by atoms with Gasteiger partial charge in [-0.15, -0.1) is 0 Å². The van der Waals surface area contributed by atoms with Gasteiger partial charge in [0.1, 0.15) is 18.5 Å². The van der Waals surface area contributed by atoms with Crippen molar-refractivity contribution >= 4 is 49.0 Å². The first kappa shape index (κ1) is 35.0. The molecule has 0 spiro atoms. The van der Waals surface area contributed by atoms with Gasteiger partial charge in [-0.3, -0.25) is 33.7 Å². The fraction of sp³-hybridized carbons (Fsp3) is 0.517. The monoisotopic (exact) mass is 633 g/mol. The molecule has 244 valence electrons. The number of aryl methyl sites for hydroxylation is 1. The third-order valence-corrected chi connectivity index (χ3v) is 6.58. The van der Waals surface area contributed by atoms with Gasteiger partial charge in [0, 0.05) is 27.7 Å². The topological polar surface area (TPSA) is 179 Å². The lowest BCUT2D eigenvalue weighted by atomic mass is 9.87. The Labute approximate surface area is 260 Å². The maximum Gasteiger partial charge on any atom is 0.628 e. The highest BCUT2D eigenvalue weighted by Gasteiger charge is 2.61. The summed E-state index contributed by atoms with van der Waals surface area (Å²) in [5.41, 5.74) is -0.657. The summed E-state index contributed by atoms with van der Waals surface area (Å²) in [6.07, 6.45) is -3.83. The van der Waals surface area contributed by atoms with Crippen molar-refractivity contribution in [3.8, 4) is 5.75 Å². The minimum Gasteiger partial charge on any atom is -0.495 e. The van der Waals surface area contributed by atoms with E-state index in [2.05, 4.69) is 0 Å². The molecule has 45 heavy (non-hydrogen) atoms. The summed E-state index contributed by atoms with van der Waals surface area (Å²) in [5, 5.41) is 0. The van der Waals surface area contributed by atoms with Crippen LogP contribution in [0.4, 0.5) is 0 Å². The molecule has 2 heterocycles. The molecular weight excluding hydrogens is 597 g/mol. The van der Waals surface area contributed by atoms with Crippen LogP contribution in [-0.2, 0) is 61.8 Å². The Balaban J connectivity index is 1.92. The predicted molar refractivity (Wildman–Crippen MR) is 153 cm³/mol. The number of rotatable bonds is 9. The Morgan fingerprint density at radius 1 is 0.978 bits per heavy atom. The van der Waals surface area contributed by atoms with Gasteiger partial charge in [-0.1, -0.05) is 12.1 Å². The average Bonchev–Trinajstić information content (AvgIpc) is 2.89. The zero-order valence-electron chi connectivity index (χ0n) is 26.1. The summed E-state index contributed by atoms with van der Waals surface area (Å²) in [7, 11) is 0.375. The number of esters is 4. The van der Waals surface area contributed by atoms with Gasteiger partial charge in [0.05, 0.1) is 13.1 Å². The Morgan fingerprint density at radius 2 is 1.60 bits per heavy atom. The van der Waals surface area contributed by atoms with Crippen LogP contribution in [0.15, 0.2) is 24.2 Å². The number of ether oxygens (including phenoxy) is 6. The number of hydrogen-bond donors (Lipinski definition) is 0. The highest BCUT2D eigenvalue weighted by Crippen LogP contribution is 2.39. The van der Waals surface area contributed by atoms with E-state index in [1.54, 1.807) is 38.2 Å². The quantitative estimate of drug-likeness (QED) is 0.213. The van der Waals surface area contributed by atoms with Crippen molar-refractivity contribution in [1.82, 2.24) is 4.90 Å². The summed E-state index contributed by atoms with van der Waals surface area (Å²) in [4.78, 5) is 73.5. The van der Waals surface area contributed by atoms with Crippen LogP contribution in [0.25, 0.3) is 6.08 Å².